The summed E-state index contributed by atoms with van der Waals surface area (Å²) < 4.78 is 0. The number of likely N-dealkylation sites (tertiary alicyclic amines) is 2. The first kappa shape index (κ1) is 16.1. The third-order valence-electron chi connectivity index (χ3n) is 5.79. The second-order valence-electron chi connectivity index (χ2n) is 7.47. The summed E-state index contributed by atoms with van der Waals surface area (Å²) in [6, 6.07) is 9.36. The summed E-state index contributed by atoms with van der Waals surface area (Å²) in [5.74, 6) is 1.42. The van der Waals surface area contributed by atoms with Gasteiger partial charge in [0.05, 0.1) is 16.4 Å². The first-order valence-corrected chi connectivity index (χ1v) is 9.10. The second kappa shape index (κ2) is 6.17. The normalized spacial score (nSPS) is 27.8. The molecule has 2 saturated heterocycles. The summed E-state index contributed by atoms with van der Waals surface area (Å²) >= 11 is 6.35. The molecule has 3 heterocycles. The molecular formula is C19H25ClN4. The van der Waals surface area contributed by atoms with E-state index in [2.05, 4.69) is 58.2 Å². The van der Waals surface area contributed by atoms with Crippen molar-refractivity contribution in [2.24, 2.45) is 11.8 Å². The third-order valence-corrected chi connectivity index (χ3v) is 6.29. The van der Waals surface area contributed by atoms with Crippen molar-refractivity contribution in [2.75, 3.05) is 26.7 Å². The summed E-state index contributed by atoms with van der Waals surface area (Å²) in [6.45, 7) is 8.49. The Morgan fingerprint density at radius 2 is 2.00 bits per heavy atom. The maximum Gasteiger partial charge on any atom is 0.0951 e. The molecule has 0 unspecified atom stereocenters. The first-order valence-electron chi connectivity index (χ1n) is 8.72. The molecule has 1 N–H and O–H groups in total. The molecule has 0 radical (unpaired) electrons. The lowest BCUT2D eigenvalue weighted by Crippen LogP contribution is -2.29. The Balaban J connectivity index is 1.53. The average Bonchev–Trinajstić information content (AvgIpc) is 3.16. The van der Waals surface area contributed by atoms with Crippen LogP contribution in [0.25, 0.3) is 0 Å². The lowest BCUT2D eigenvalue weighted by Gasteiger charge is -2.27. The van der Waals surface area contributed by atoms with Gasteiger partial charge >= 0.3 is 0 Å². The minimum atomic E-state index is 0.526. The fourth-order valence-corrected chi connectivity index (χ4v) is 4.79. The molecule has 1 aromatic carbocycles. The van der Waals surface area contributed by atoms with Gasteiger partial charge in [-0.1, -0.05) is 35.9 Å². The zero-order chi connectivity index (χ0) is 16.8. The fourth-order valence-electron chi connectivity index (χ4n) is 4.65. The number of hydrogen-bond acceptors (Lipinski definition) is 3. The van der Waals surface area contributed by atoms with Gasteiger partial charge < -0.3 is 0 Å². The quantitative estimate of drug-likeness (QED) is 0.926. The molecule has 3 atom stereocenters. The number of H-pyrrole nitrogens is 1. The van der Waals surface area contributed by atoms with Crippen LogP contribution in [-0.4, -0.2) is 46.7 Å². The van der Waals surface area contributed by atoms with Crippen molar-refractivity contribution in [2.45, 2.75) is 26.4 Å². The molecule has 0 saturated carbocycles. The van der Waals surface area contributed by atoms with Crippen LogP contribution in [0.1, 0.15) is 28.6 Å². The maximum absolute atomic E-state index is 6.35. The summed E-state index contributed by atoms with van der Waals surface area (Å²) in [5.41, 5.74) is 4.83. The highest BCUT2D eigenvalue weighted by atomic mass is 35.5. The minimum absolute atomic E-state index is 0.526. The van der Waals surface area contributed by atoms with Crippen LogP contribution in [0, 0.1) is 25.7 Å². The van der Waals surface area contributed by atoms with E-state index in [1.165, 1.54) is 17.7 Å². The van der Waals surface area contributed by atoms with Crippen LogP contribution in [-0.2, 0) is 6.54 Å². The summed E-state index contributed by atoms with van der Waals surface area (Å²) in [6.07, 6.45) is 0. The molecule has 24 heavy (non-hydrogen) atoms. The first-order chi connectivity index (χ1) is 11.5. The number of nitrogens with one attached hydrogen (secondary N) is 1. The number of benzene rings is 1. The molecule has 0 bridgehead atoms. The number of rotatable bonds is 3. The molecule has 4 rings (SSSR count). The monoisotopic (exact) mass is 344 g/mol. The van der Waals surface area contributed by atoms with Crippen LogP contribution in [0.3, 0.4) is 0 Å². The Kier molecular flexibility index (Phi) is 4.15. The van der Waals surface area contributed by atoms with Gasteiger partial charge in [-0.15, -0.1) is 0 Å². The molecule has 2 fully saturated rings. The standard InChI is InChI=1S/C19H25ClN4/c1-12-6-4-5-7-15(12)19-16-10-24(9-14(16)8-23(19)3)11-17-18(20)13(2)21-22-17/h4-7,14,16,19H,8-11H2,1-3H3,(H,21,22)/t14-,16+,19-/m0/s1. The zero-order valence-corrected chi connectivity index (χ0v) is 15.3. The second-order valence-corrected chi connectivity index (χ2v) is 7.85. The van der Waals surface area contributed by atoms with Crippen LogP contribution in [0.4, 0.5) is 0 Å². The van der Waals surface area contributed by atoms with Crippen molar-refractivity contribution in [1.29, 1.82) is 0 Å². The number of hydrogen-bond donors (Lipinski definition) is 1. The van der Waals surface area contributed by atoms with Gasteiger partial charge in [0.25, 0.3) is 0 Å². The zero-order valence-electron chi connectivity index (χ0n) is 14.6. The number of fused-ring (bicyclic) bond motifs is 1. The van der Waals surface area contributed by atoms with E-state index in [0.717, 1.165) is 42.0 Å². The van der Waals surface area contributed by atoms with E-state index in [9.17, 15) is 0 Å². The van der Waals surface area contributed by atoms with Gasteiger partial charge in [-0.2, -0.15) is 5.10 Å². The van der Waals surface area contributed by atoms with Gasteiger partial charge in [0.15, 0.2) is 0 Å². The average molecular weight is 345 g/mol. The predicted octanol–water partition coefficient (Wildman–Crippen LogP) is 3.41. The Bertz CT molecular complexity index is 741. The molecule has 0 amide bonds. The highest BCUT2D eigenvalue weighted by molar-refractivity contribution is 6.31. The van der Waals surface area contributed by atoms with Crippen molar-refractivity contribution in [3.8, 4) is 0 Å². The lowest BCUT2D eigenvalue weighted by molar-refractivity contribution is 0.223. The SMILES string of the molecule is Cc1ccccc1[C@H]1[C@@H]2CN(Cc3n[nH]c(C)c3Cl)C[C@@H]2CN1C. The topological polar surface area (TPSA) is 35.2 Å². The maximum atomic E-state index is 6.35. The van der Waals surface area contributed by atoms with E-state index in [-0.39, 0.29) is 0 Å². The van der Waals surface area contributed by atoms with E-state index in [1.54, 1.807) is 0 Å². The largest absolute Gasteiger partial charge is 0.299 e. The number of aromatic amines is 1. The van der Waals surface area contributed by atoms with E-state index < -0.39 is 0 Å². The van der Waals surface area contributed by atoms with Crippen LogP contribution in [0.2, 0.25) is 5.02 Å². The van der Waals surface area contributed by atoms with E-state index in [0.29, 0.717) is 12.0 Å². The van der Waals surface area contributed by atoms with E-state index in [1.807, 2.05) is 6.92 Å². The van der Waals surface area contributed by atoms with Crippen LogP contribution in [0.5, 0.6) is 0 Å². The van der Waals surface area contributed by atoms with Gasteiger partial charge in [0, 0.05) is 32.2 Å². The van der Waals surface area contributed by atoms with Crippen molar-refractivity contribution in [3.05, 3.63) is 51.8 Å². The molecule has 2 aromatic rings. The molecule has 2 aliphatic heterocycles. The van der Waals surface area contributed by atoms with Crippen molar-refractivity contribution < 1.29 is 0 Å². The van der Waals surface area contributed by atoms with Crippen LogP contribution >= 0.6 is 11.6 Å². The Morgan fingerprint density at radius 3 is 2.71 bits per heavy atom. The van der Waals surface area contributed by atoms with Gasteiger partial charge in [-0.05, 0) is 43.9 Å². The van der Waals surface area contributed by atoms with E-state index >= 15 is 0 Å². The highest BCUT2D eigenvalue weighted by Gasteiger charge is 2.46. The van der Waals surface area contributed by atoms with Crippen molar-refractivity contribution in [3.63, 3.8) is 0 Å². The molecular weight excluding hydrogens is 320 g/mol. The molecule has 2 aliphatic rings. The predicted molar refractivity (Wildman–Crippen MR) is 97.1 cm³/mol. The Morgan fingerprint density at radius 1 is 1.21 bits per heavy atom. The number of halogens is 1. The Hall–Kier alpha value is -1.36. The smallest absolute Gasteiger partial charge is 0.0951 e. The molecule has 5 heteroatoms. The van der Waals surface area contributed by atoms with Crippen molar-refractivity contribution >= 4 is 11.6 Å². The summed E-state index contributed by atoms with van der Waals surface area (Å²) in [7, 11) is 2.27. The third kappa shape index (κ3) is 2.67. The molecule has 128 valence electrons. The molecule has 0 aliphatic carbocycles. The van der Waals surface area contributed by atoms with Crippen LogP contribution < -0.4 is 0 Å². The number of nitrogens with zero attached hydrogens (tertiary/aromatic N) is 3. The van der Waals surface area contributed by atoms with Gasteiger partial charge in [0.1, 0.15) is 0 Å². The lowest BCUT2D eigenvalue weighted by atomic mass is 9.88. The molecule has 0 spiro atoms. The minimum Gasteiger partial charge on any atom is -0.299 e. The summed E-state index contributed by atoms with van der Waals surface area (Å²) in [5, 5.41) is 8.15. The van der Waals surface area contributed by atoms with Crippen molar-refractivity contribution in [1.82, 2.24) is 20.0 Å². The van der Waals surface area contributed by atoms with E-state index in [4.69, 9.17) is 11.6 Å². The van der Waals surface area contributed by atoms with Gasteiger partial charge in [0.2, 0.25) is 0 Å². The van der Waals surface area contributed by atoms with Gasteiger partial charge in [-0.25, -0.2) is 0 Å². The molecule has 1 aromatic heterocycles. The number of aryl methyl sites for hydroxylation is 2. The number of aromatic nitrogens is 2. The van der Waals surface area contributed by atoms with Gasteiger partial charge in [-0.3, -0.25) is 14.9 Å². The highest BCUT2D eigenvalue weighted by Crippen LogP contribution is 2.45. The fraction of sp³-hybridized carbons (Fsp3) is 0.526. The summed E-state index contributed by atoms with van der Waals surface area (Å²) in [4.78, 5) is 5.07. The molecule has 4 nitrogen and oxygen atoms in total. The van der Waals surface area contributed by atoms with Crippen LogP contribution in [0.15, 0.2) is 24.3 Å². The Labute approximate surface area is 148 Å².